The van der Waals surface area contributed by atoms with E-state index in [0.29, 0.717) is 19.0 Å². The summed E-state index contributed by atoms with van der Waals surface area (Å²) in [6, 6.07) is 3.38. The summed E-state index contributed by atoms with van der Waals surface area (Å²) in [6.07, 6.45) is 3.42. The maximum absolute atomic E-state index is 10.9. The van der Waals surface area contributed by atoms with E-state index in [-0.39, 0.29) is 11.5 Å². The van der Waals surface area contributed by atoms with Crippen LogP contribution in [0.3, 0.4) is 0 Å². The van der Waals surface area contributed by atoms with Gasteiger partial charge in [-0.15, -0.1) is 0 Å². The second-order valence-electron chi connectivity index (χ2n) is 5.77. The molecule has 1 unspecified atom stereocenters. The molecule has 19 heavy (non-hydrogen) atoms. The van der Waals surface area contributed by atoms with Crippen molar-refractivity contribution in [3.8, 4) is 11.5 Å². The minimum atomic E-state index is -0.971. The van der Waals surface area contributed by atoms with E-state index in [4.69, 9.17) is 0 Å². The van der Waals surface area contributed by atoms with Gasteiger partial charge in [-0.05, 0) is 48.9 Å². The Labute approximate surface area is 114 Å². The summed E-state index contributed by atoms with van der Waals surface area (Å²) in [4.78, 5) is 0. The molecule has 0 aromatic heterocycles. The van der Waals surface area contributed by atoms with Crippen LogP contribution in [0.15, 0.2) is 12.1 Å². The van der Waals surface area contributed by atoms with Gasteiger partial charge in [0.2, 0.25) is 0 Å². The third-order valence-corrected chi connectivity index (χ3v) is 3.79. The average Bonchev–Trinajstić information content (AvgIpc) is 2.49. The second-order valence-corrected chi connectivity index (χ2v) is 5.77. The van der Waals surface area contributed by atoms with Gasteiger partial charge in [0.05, 0.1) is 0 Å². The van der Waals surface area contributed by atoms with Crippen molar-refractivity contribution in [2.45, 2.75) is 51.2 Å². The Kier molecular flexibility index (Phi) is 4.02. The molecule has 106 valence electrons. The van der Waals surface area contributed by atoms with Crippen LogP contribution < -0.4 is 5.32 Å². The lowest BCUT2D eigenvalue weighted by Crippen LogP contribution is -2.41. The number of hydrogen-bond donors (Lipinski definition) is 4. The number of nitrogens with one attached hydrogen (secondary N) is 1. The molecule has 1 aromatic rings. The van der Waals surface area contributed by atoms with Crippen molar-refractivity contribution >= 4 is 0 Å². The van der Waals surface area contributed by atoms with Crippen LogP contribution >= 0.6 is 0 Å². The zero-order chi connectivity index (χ0) is 14.0. The van der Waals surface area contributed by atoms with Crippen molar-refractivity contribution in [1.82, 2.24) is 5.32 Å². The Morgan fingerprint density at radius 1 is 1.21 bits per heavy atom. The number of phenolic OH excluding ortho intramolecular Hbond substituents is 2. The number of benzene rings is 1. The SMILES string of the molecule is CC(C)NCC1(O)CCCCc2cc(O)c(O)cc21. The van der Waals surface area contributed by atoms with Gasteiger partial charge in [0.1, 0.15) is 5.60 Å². The number of hydrogen-bond acceptors (Lipinski definition) is 4. The molecule has 0 bridgehead atoms. The summed E-state index contributed by atoms with van der Waals surface area (Å²) in [7, 11) is 0. The Morgan fingerprint density at radius 2 is 1.89 bits per heavy atom. The Balaban J connectivity index is 2.38. The van der Waals surface area contributed by atoms with Gasteiger partial charge in [-0.3, -0.25) is 0 Å². The molecule has 0 amide bonds. The molecular formula is C15H23NO3. The maximum atomic E-state index is 10.9. The first-order valence-corrected chi connectivity index (χ1v) is 6.93. The van der Waals surface area contributed by atoms with E-state index in [0.717, 1.165) is 30.4 Å². The van der Waals surface area contributed by atoms with E-state index in [1.165, 1.54) is 6.07 Å². The van der Waals surface area contributed by atoms with Crippen molar-refractivity contribution in [1.29, 1.82) is 0 Å². The molecule has 4 heteroatoms. The van der Waals surface area contributed by atoms with Crippen molar-refractivity contribution in [2.24, 2.45) is 0 Å². The second kappa shape index (κ2) is 5.39. The van der Waals surface area contributed by atoms with Crippen LogP contribution in [0.1, 0.15) is 44.2 Å². The predicted molar refractivity (Wildman–Crippen MR) is 74.4 cm³/mol. The van der Waals surface area contributed by atoms with E-state index in [1.807, 2.05) is 13.8 Å². The van der Waals surface area contributed by atoms with E-state index in [1.54, 1.807) is 6.07 Å². The van der Waals surface area contributed by atoms with Crippen molar-refractivity contribution < 1.29 is 15.3 Å². The third-order valence-electron chi connectivity index (χ3n) is 3.79. The Morgan fingerprint density at radius 3 is 2.58 bits per heavy atom. The average molecular weight is 265 g/mol. The summed E-state index contributed by atoms with van der Waals surface area (Å²) >= 11 is 0. The molecule has 0 radical (unpaired) electrons. The fourth-order valence-electron chi connectivity index (χ4n) is 2.68. The van der Waals surface area contributed by atoms with Gasteiger partial charge in [-0.25, -0.2) is 0 Å². The normalized spacial score (nSPS) is 23.2. The number of aliphatic hydroxyl groups is 1. The Hall–Kier alpha value is -1.26. The molecule has 0 saturated heterocycles. The highest BCUT2D eigenvalue weighted by molar-refractivity contribution is 5.48. The van der Waals surface area contributed by atoms with Crippen molar-refractivity contribution in [2.75, 3.05) is 6.54 Å². The van der Waals surface area contributed by atoms with Crippen LogP contribution in [0.2, 0.25) is 0 Å². The lowest BCUT2D eigenvalue weighted by Gasteiger charge is -2.30. The van der Waals surface area contributed by atoms with E-state index >= 15 is 0 Å². The van der Waals surface area contributed by atoms with Crippen molar-refractivity contribution in [3.63, 3.8) is 0 Å². The largest absolute Gasteiger partial charge is 0.504 e. The summed E-state index contributed by atoms with van der Waals surface area (Å²) in [5.74, 6) is -0.275. The minimum Gasteiger partial charge on any atom is -0.504 e. The first kappa shape index (κ1) is 14.2. The molecule has 4 N–H and O–H groups in total. The van der Waals surface area contributed by atoms with E-state index in [9.17, 15) is 15.3 Å². The molecule has 0 heterocycles. The van der Waals surface area contributed by atoms with Crippen LogP contribution in [-0.4, -0.2) is 27.9 Å². The molecule has 2 rings (SSSR count). The number of aryl methyl sites for hydroxylation is 1. The molecular weight excluding hydrogens is 242 g/mol. The van der Waals surface area contributed by atoms with Gasteiger partial charge in [0.25, 0.3) is 0 Å². The molecule has 1 aliphatic rings. The Bertz CT molecular complexity index is 459. The van der Waals surface area contributed by atoms with Gasteiger partial charge in [0, 0.05) is 12.6 Å². The fraction of sp³-hybridized carbons (Fsp3) is 0.600. The van der Waals surface area contributed by atoms with Crippen LogP contribution in [0, 0.1) is 0 Å². The number of rotatable bonds is 3. The van der Waals surface area contributed by atoms with Crippen LogP contribution in [-0.2, 0) is 12.0 Å². The third kappa shape index (κ3) is 3.01. The maximum Gasteiger partial charge on any atom is 0.157 e. The minimum absolute atomic E-state index is 0.111. The summed E-state index contributed by atoms with van der Waals surface area (Å²) in [5.41, 5.74) is 0.704. The summed E-state index contributed by atoms with van der Waals surface area (Å²) < 4.78 is 0. The van der Waals surface area contributed by atoms with Crippen LogP contribution in [0.4, 0.5) is 0 Å². The first-order valence-electron chi connectivity index (χ1n) is 6.93. The van der Waals surface area contributed by atoms with E-state index in [2.05, 4.69) is 5.32 Å². The van der Waals surface area contributed by atoms with Gasteiger partial charge in [-0.1, -0.05) is 13.8 Å². The summed E-state index contributed by atoms with van der Waals surface area (Å²) in [6.45, 7) is 4.53. The number of fused-ring (bicyclic) bond motifs is 1. The van der Waals surface area contributed by atoms with Crippen molar-refractivity contribution in [3.05, 3.63) is 23.3 Å². The van der Waals surface area contributed by atoms with Crippen LogP contribution in [0.25, 0.3) is 0 Å². The monoisotopic (exact) mass is 265 g/mol. The summed E-state index contributed by atoms with van der Waals surface area (Å²) in [5, 5.41) is 33.5. The molecule has 4 nitrogen and oxygen atoms in total. The quantitative estimate of drug-likeness (QED) is 0.498. The highest BCUT2D eigenvalue weighted by atomic mass is 16.3. The first-order chi connectivity index (χ1) is 8.92. The lowest BCUT2D eigenvalue weighted by molar-refractivity contribution is 0.0252. The molecule has 1 aliphatic carbocycles. The fourth-order valence-corrected chi connectivity index (χ4v) is 2.68. The highest BCUT2D eigenvalue weighted by Crippen LogP contribution is 2.39. The highest BCUT2D eigenvalue weighted by Gasteiger charge is 2.33. The zero-order valence-corrected chi connectivity index (χ0v) is 11.6. The molecule has 0 spiro atoms. The predicted octanol–water partition coefficient (Wildman–Crippen LogP) is 2.01. The molecule has 1 aromatic carbocycles. The smallest absolute Gasteiger partial charge is 0.157 e. The molecule has 0 aliphatic heterocycles. The van der Waals surface area contributed by atoms with Gasteiger partial charge >= 0.3 is 0 Å². The van der Waals surface area contributed by atoms with Crippen LogP contribution in [0.5, 0.6) is 11.5 Å². The molecule has 0 fully saturated rings. The zero-order valence-electron chi connectivity index (χ0n) is 11.6. The molecule has 1 atom stereocenters. The standard InChI is InChI=1S/C15H23NO3/c1-10(2)16-9-15(19)6-4-3-5-11-7-13(17)14(18)8-12(11)15/h7-8,10,16-19H,3-6,9H2,1-2H3. The van der Waals surface area contributed by atoms with E-state index < -0.39 is 5.60 Å². The molecule has 0 saturated carbocycles. The lowest BCUT2D eigenvalue weighted by atomic mass is 9.87. The number of phenols is 2. The topological polar surface area (TPSA) is 72.7 Å². The van der Waals surface area contributed by atoms with Gasteiger partial charge in [-0.2, -0.15) is 0 Å². The van der Waals surface area contributed by atoms with Gasteiger partial charge < -0.3 is 20.6 Å². The number of aromatic hydroxyl groups is 2. The van der Waals surface area contributed by atoms with Gasteiger partial charge in [0.15, 0.2) is 11.5 Å².